The fraction of sp³-hybridized carbons (Fsp3) is 0.625. The van der Waals surface area contributed by atoms with Crippen LogP contribution in [0.1, 0.15) is 44.6 Å². The molecule has 0 amide bonds. The second kappa shape index (κ2) is 6.99. The second-order valence-corrected chi connectivity index (χ2v) is 5.58. The van der Waals surface area contributed by atoms with Gasteiger partial charge in [0, 0.05) is 11.6 Å². The van der Waals surface area contributed by atoms with Crippen molar-refractivity contribution in [2.45, 2.75) is 51.5 Å². The molecular weight excluding hydrogens is 244 g/mol. The zero-order valence-corrected chi connectivity index (χ0v) is 11.6. The number of rotatable bonds is 8. The molecule has 1 fully saturated rings. The van der Waals surface area contributed by atoms with E-state index in [1.54, 1.807) is 0 Å². The van der Waals surface area contributed by atoms with Gasteiger partial charge in [-0.05, 0) is 50.3 Å². The van der Waals surface area contributed by atoms with Gasteiger partial charge in [-0.1, -0.05) is 25.8 Å². The fourth-order valence-corrected chi connectivity index (χ4v) is 2.44. The standard InChI is InChI=1S/C16H23F2N/c1-2-10-19-13(9-8-12-6-7-12)11-14-15(17)4-3-5-16(14)18/h3-5,12-13,19H,2,6-11H2,1H3. The summed E-state index contributed by atoms with van der Waals surface area (Å²) in [5, 5.41) is 3.42. The summed E-state index contributed by atoms with van der Waals surface area (Å²) in [5.74, 6) is 0.0147. The van der Waals surface area contributed by atoms with E-state index in [0.29, 0.717) is 6.42 Å². The summed E-state index contributed by atoms with van der Waals surface area (Å²) in [7, 11) is 0. The van der Waals surface area contributed by atoms with Gasteiger partial charge in [-0.3, -0.25) is 0 Å². The molecule has 0 bridgehead atoms. The highest BCUT2D eigenvalue weighted by Crippen LogP contribution is 2.34. The van der Waals surface area contributed by atoms with Gasteiger partial charge in [-0.2, -0.15) is 0 Å². The highest BCUT2D eigenvalue weighted by Gasteiger charge is 2.23. The summed E-state index contributed by atoms with van der Waals surface area (Å²) in [6.45, 7) is 3.01. The average Bonchev–Trinajstić information content (AvgIpc) is 3.20. The van der Waals surface area contributed by atoms with Crippen LogP contribution in [0.5, 0.6) is 0 Å². The van der Waals surface area contributed by atoms with Crippen LogP contribution in [-0.2, 0) is 6.42 Å². The summed E-state index contributed by atoms with van der Waals surface area (Å²) >= 11 is 0. The van der Waals surface area contributed by atoms with Crippen molar-refractivity contribution in [2.24, 2.45) is 5.92 Å². The van der Waals surface area contributed by atoms with Gasteiger partial charge >= 0.3 is 0 Å². The molecular formula is C16H23F2N. The lowest BCUT2D eigenvalue weighted by atomic mass is 9.99. The average molecular weight is 267 g/mol. The molecule has 1 aliphatic carbocycles. The van der Waals surface area contributed by atoms with E-state index in [1.807, 2.05) is 0 Å². The molecule has 0 aromatic heterocycles. The Morgan fingerprint density at radius 1 is 1.26 bits per heavy atom. The van der Waals surface area contributed by atoms with Crippen LogP contribution in [0.3, 0.4) is 0 Å². The Bertz CT molecular complexity index is 381. The monoisotopic (exact) mass is 267 g/mol. The highest BCUT2D eigenvalue weighted by atomic mass is 19.1. The molecule has 0 aliphatic heterocycles. The quantitative estimate of drug-likeness (QED) is 0.748. The summed E-state index contributed by atoms with van der Waals surface area (Å²) < 4.78 is 27.4. The number of benzene rings is 1. The van der Waals surface area contributed by atoms with Crippen molar-refractivity contribution in [2.75, 3.05) is 6.54 Å². The van der Waals surface area contributed by atoms with Crippen LogP contribution in [0.2, 0.25) is 0 Å². The zero-order chi connectivity index (χ0) is 13.7. The van der Waals surface area contributed by atoms with Crippen molar-refractivity contribution in [1.29, 1.82) is 0 Å². The predicted molar refractivity (Wildman–Crippen MR) is 74.1 cm³/mol. The molecule has 106 valence electrons. The largest absolute Gasteiger partial charge is 0.314 e. The van der Waals surface area contributed by atoms with Crippen LogP contribution in [-0.4, -0.2) is 12.6 Å². The molecule has 2 rings (SSSR count). The van der Waals surface area contributed by atoms with E-state index in [1.165, 1.54) is 37.5 Å². The summed E-state index contributed by atoms with van der Waals surface area (Å²) in [6.07, 6.45) is 6.34. The Kier molecular flexibility index (Phi) is 5.32. The maximum absolute atomic E-state index is 13.7. The van der Waals surface area contributed by atoms with Gasteiger partial charge in [0.25, 0.3) is 0 Å². The number of hydrogen-bond acceptors (Lipinski definition) is 1. The summed E-state index contributed by atoms with van der Waals surface area (Å²) in [6, 6.07) is 4.30. The summed E-state index contributed by atoms with van der Waals surface area (Å²) in [5.41, 5.74) is 0.229. The third-order valence-corrected chi connectivity index (χ3v) is 3.82. The lowest BCUT2D eigenvalue weighted by Gasteiger charge is -2.19. The number of halogens is 2. The van der Waals surface area contributed by atoms with Crippen LogP contribution in [0, 0.1) is 17.6 Å². The van der Waals surface area contributed by atoms with Crippen molar-refractivity contribution >= 4 is 0 Å². The molecule has 1 aromatic rings. The predicted octanol–water partition coefficient (Wildman–Crippen LogP) is 4.07. The third kappa shape index (κ3) is 4.57. The first-order valence-electron chi connectivity index (χ1n) is 7.37. The first-order valence-corrected chi connectivity index (χ1v) is 7.37. The first-order chi connectivity index (χ1) is 9.20. The van der Waals surface area contributed by atoms with Crippen molar-refractivity contribution in [1.82, 2.24) is 5.32 Å². The van der Waals surface area contributed by atoms with E-state index in [-0.39, 0.29) is 11.6 Å². The Balaban J connectivity index is 1.96. The number of nitrogens with one attached hydrogen (secondary N) is 1. The van der Waals surface area contributed by atoms with Crippen molar-refractivity contribution in [3.63, 3.8) is 0 Å². The van der Waals surface area contributed by atoms with Crippen molar-refractivity contribution in [3.8, 4) is 0 Å². The molecule has 1 aliphatic rings. The van der Waals surface area contributed by atoms with Gasteiger partial charge in [-0.25, -0.2) is 8.78 Å². The second-order valence-electron chi connectivity index (χ2n) is 5.58. The fourth-order valence-electron chi connectivity index (χ4n) is 2.44. The van der Waals surface area contributed by atoms with E-state index in [4.69, 9.17) is 0 Å². The molecule has 3 heteroatoms. The molecule has 0 saturated heterocycles. The molecule has 1 nitrogen and oxygen atoms in total. The Labute approximate surface area is 114 Å². The lowest BCUT2D eigenvalue weighted by molar-refractivity contribution is 0.435. The van der Waals surface area contributed by atoms with E-state index >= 15 is 0 Å². The molecule has 1 aromatic carbocycles. The molecule has 19 heavy (non-hydrogen) atoms. The van der Waals surface area contributed by atoms with Crippen LogP contribution >= 0.6 is 0 Å². The summed E-state index contributed by atoms with van der Waals surface area (Å²) in [4.78, 5) is 0. The van der Waals surface area contributed by atoms with Crippen LogP contribution in [0.4, 0.5) is 8.78 Å². The van der Waals surface area contributed by atoms with Gasteiger partial charge in [0.15, 0.2) is 0 Å². The molecule has 1 saturated carbocycles. The van der Waals surface area contributed by atoms with Gasteiger partial charge in [0.2, 0.25) is 0 Å². The minimum absolute atomic E-state index is 0.187. The molecule has 0 spiro atoms. The number of hydrogen-bond donors (Lipinski definition) is 1. The smallest absolute Gasteiger partial charge is 0.129 e. The van der Waals surface area contributed by atoms with Crippen molar-refractivity contribution < 1.29 is 8.78 Å². The maximum Gasteiger partial charge on any atom is 0.129 e. The minimum atomic E-state index is -0.422. The van der Waals surface area contributed by atoms with Gasteiger partial charge < -0.3 is 5.32 Å². The van der Waals surface area contributed by atoms with Gasteiger partial charge in [-0.15, -0.1) is 0 Å². The van der Waals surface area contributed by atoms with Gasteiger partial charge in [0.1, 0.15) is 11.6 Å². The van der Waals surface area contributed by atoms with E-state index in [2.05, 4.69) is 12.2 Å². The van der Waals surface area contributed by atoms with E-state index in [9.17, 15) is 8.78 Å². The zero-order valence-electron chi connectivity index (χ0n) is 11.6. The normalized spacial score (nSPS) is 16.6. The molecule has 0 heterocycles. The first kappa shape index (κ1) is 14.4. The van der Waals surface area contributed by atoms with Gasteiger partial charge in [0.05, 0.1) is 0 Å². The van der Waals surface area contributed by atoms with Crippen molar-refractivity contribution in [3.05, 3.63) is 35.4 Å². The molecule has 1 atom stereocenters. The molecule has 1 unspecified atom stereocenters. The Morgan fingerprint density at radius 2 is 1.95 bits per heavy atom. The topological polar surface area (TPSA) is 12.0 Å². The highest BCUT2D eigenvalue weighted by molar-refractivity contribution is 5.20. The Hall–Kier alpha value is -0.960. The van der Waals surface area contributed by atoms with Crippen LogP contribution < -0.4 is 5.32 Å². The van der Waals surface area contributed by atoms with Crippen LogP contribution in [0.15, 0.2) is 18.2 Å². The maximum atomic E-state index is 13.7. The van der Waals surface area contributed by atoms with E-state index < -0.39 is 11.6 Å². The van der Waals surface area contributed by atoms with E-state index in [0.717, 1.165) is 25.3 Å². The van der Waals surface area contributed by atoms with Crippen LogP contribution in [0.25, 0.3) is 0 Å². The lowest BCUT2D eigenvalue weighted by Crippen LogP contribution is -2.32. The SMILES string of the molecule is CCCNC(CCC1CC1)Cc1c(F)cccc1F. The minimum Gasteiger partial charge on any atom is -0.314 e. The third-order valence-electron chi connectivity index (χ3n) is 3.82. The molecule has 1 N–H and O–H groups in total. The Morgan fingerprint density at radius 3 is 2.53 bits per heavy atom. The molecule has 0 radical (unpaired) electrons.